The summed E-state index contributed by atoms with van der Waals surface area (Å²) in [4.78, 5) is 17.9. The van der Waals surface area contributed by atoms with Crippen molar-refractivity contribution in [3.63, 3.8) is 0 Å². The molecule has 0 saturated carbocycles. The van der Waals surface area contributed by atoms with Gasteiger partial charge in [0.1, 0.15) is 0 Å². The van der Waals surface area contributed by atoms with Crippen molar-refractivity contribution in [2.75, 3.05) is 6.54 Å². The summed E-state index contributed by atoms with van der Waals surface area (Å²) in [6, 6.07) is 24.4. The molecule has 3 aromatic rings. The van der Waals surface area contributed by atoms with E-state index in [-0.39, 0.29) is 20.9 Å². The molecule has 156 valence electrons. The third-order valence-corrected chi connectivity index (χ3v) is 8.04. The Kier molecular flexibility index (Phi) is 9.49. The fourth-order valence-corrected chi connectivity index (χ4v) is 6.00. The van der Waals surface area contributed by atoms with Crippen LogP contribution in [0.15, 0.2) is 84.0 Å². The molecule has 30 heavy (non-hydrogen) atoms. The van der Waals surface area contributed by atoms with Crippen molar-refractivity contribution in [1.82, 2.24) is 9.29 Å². The fraction of sp³-hybridized carbons (Fsp3) is 0.280. The van der Waals surface area contributed by atoms with Gasteiger partial charge in [-0.3, -0.25) is 0 Å². The van der Waals surface area contributed by atoms with Crippen LogP contribution < -0.4 is 4.46 Å². The summed E-state index contributed by atoms with van der Waals surface area (Å²) in [7, 11) is 0. The number of carbonyl (C=O) groups is 1. The van der Waals surface area contributed by atoms with E-state index in [0.29, 0.717) is 0 Å². The van der Waals surface area contributed by atoms with E-state index >= 15 is 0 Å². The molecule has 1 heterocycles. The summed E-state index contributed by atoms with van der Waals surface area (Å²) in [6.45, 7) is 2.94. The zero-order valence-electron chi connectivity index (χ0n) is 17.4. The maximum absolute atomic E-state index is 13.5. The molecule has 1 aromatic heterocycles. The van der Waals surface area contributed by atoms with Crippen molar-refractivity contribution in [3.8, 4) is 0 Å². The first-order valence-electron chi connectivity index (χ1n) is 10.4. The summed E-state index contributed by atoms with van der Waals surface area (Å²) in [5.74, 6) is 0.0905. The number of carbonyl (C=O) groups excluding carboxylic acids is 1. The molecule has 1 amide bonds. The van der Waals surface area contributed by atoms with E-state index < -0.39 is 0 Å². The molecule has 0 aliphatic rings. The van der Waals surface area contributed by atoms with Crippen LogP contribution in [-0.4, -0.2) is 36.7 Å². The molecule has 2 aromatic carbocycles. The van der Waals surface area contributed by atoms with Gasteiger partial charge < -0.3 is 0 Å². The quantitative estimate of drug-likeness (QED) is 0.210. The number of hydrogen-bond donors (Lipinski definition) is 0. The third-order valence-electron chi connectivity index (χ3n) is 4.64. The second-order valence-corrected chi connectivity index (χ2v) is 10.2. The first-order valence-corrected chi connectivity index (χ1v) is 13.3. The van der Waals surface area contributed by atoms with Crippen molar-refractivity contribution in [1.29, 1.82) is 0 Å². The molecular formula is C25H28N2OSSe. The van der Waals surface area contributed by atoms with E-state index in [1.54, 1.807) is 6.20 Å². The van der Waals surface area contributed by atoms with E-state index in [0.717, 1.165) is 35.3 Å². The van der Waals surface area contributed by atoms with Crippen molar-refractivity contribution in [3.05, 3.63) is 90.1 Å². The number of benzene rings is 2. The molecule has 0 radical (unpaired) electrons. The normalized spacial score (nSPS) is 10.7. The predicted molar refractivity (Wildman–Crippen MR) is 127 cm³/mol. The van der Waals surface area contributed by atoms with E-state index in [2.05, 4.69) is 42.2 Å². The Morgan fingerprint density at radius 2 is 1.70 bits per heavy atom. The predicted octanol–water partition coefficient (Wildman–Crippen LogP) is 5.34. The molecule has 0 atom stereocenters. The summed E-state index contributed by atoms with van der Waals surface area (Å²) in [5, 5.41) is 1.84. The third kappa shape index (κ3) is 7.01. The standard InChI is InChI=1S/C25H28N2OSSe/c1-2-3-4-12-19-27(29-24-17-10-11-18-26-24)25(28)22-15-8-9-16-23(22)30-20-21-13-6-5-7-14-21/h5-11,13-18H,2-4,12,19-20H2,1H3. The van der Waals surface area contributed by atoms with E-state index in [9.17, 15) is 4.79 Å². The molecule has 3 nitrogen and oxygen atoms in total. The summed E-state index contributed by atoms with van der Waals surface area (Å²) < 4.78 is 3.06. The number of aromatic nitrogens is 1. The van der Waals surface area contributed by atoms with Gasteiger partial charge in [0.15, 0.2) is 0 Å². The summed E-state index contributed by atoms with van der Waals surface area (Å²) in [5.41, 5.74) is 2.14. The molecule has 0 N–H and O–H groups in total. The van der Waals surface area contributed by atoms with Crippen molar-refractivity contribution in [2.24, 2.45) is 0 Å². The van der Waals surface area contributed by atoms with Crippen LogP contribution in [0.1, 0.15) is 48.5 Å². The minimum absolute atomic E-state index is 0.0905. The minimum atomic E-state index is 0.0905. The number of hydrogen-bond acceptors (Lipinski definition) is 3. The van der Waals surface area contributed by atoms with Gasteiger partial charge in [-0.05, 0) is 0 Å². The van der Waals surface area contributed by atoms with Gasteiger partial charge in [0.2, 0.25) is 0 Å². The Bertz CT molecular complexity index is 905. The topological polar surface area (TPSA) is 33.2 Å². The maximum atomic E-state index is 13.5. The monoisotopic (exact) mass is 484 g/mol. The van der Waals surface area contributed by atoms with Gasteiger partial charge in [0, 0.05) is 0 Å². The first kappa shape index (κ1) is 22.6. The first-order chi connectivity index (χ1) is 14.8. The molecule has 0 unspecified atom stereocenters. The van der Waals surface area contributed by atoms with Crippen LogP contribution in [0.4, 0.5) is 0 Å². The number of unbranched alkanes of at least 4 members (excludes halogenated alkanes) is 3. The van der Waals surface area contributed by atoms with Crippen molar-refractivity contribution >= 4 is 37.3 Å². The molecule has 0 aliphatic heterocycles. The van der Waals surface area contributed by atoms with Gasteiger partial charge in [0.05, 0.1) is 0 Å². The zero-order valence-corrected chi connectivity index (χ0v) is 19.9. The molecule has 3 rings (SSSR count). The van der Waals surface area contributed by atoms with Crippen LogP contribution in [0.2, 0.25) is 0 Å². The second-order valence-electron chi connectivity index (χ2n) is 7.00. The Balaban J connectivity index is 1.75. The average Bonchev–Trinajstić information content (AvgIpc) is 2.81. The van der Waals surface area contributed by atoms with Gasteiger partial charge >= 0.3 is 191 Å². The SMILES string of the molecule is CCCCCCN(Sc1ccccn1)C(=O)c1ccccc1[Se]Cc1ccccc1. The van der Waals surface area contributed by atoms with Gasteiger partial charge in [-0.2, -0.15) is 0 Å². The van der Waals surface area contributed by atoms with E-state index in [4.69, 9.17) is 0 Å². The molecule has 0 aliphatic carbocycles. The van der Waals surface area contributed by atoms with Crippen LogP contribution in [0, 0.1) is 0 Å². The molecule has 0 saturated heterocycles. The molecule has 0 spiro atoms. The summed E-state index contributed by atoms with van der Waals surface area (Å²) >= 11 is 1.66. The Labute approximate surface area is 190 Å². The fourth-order valence-electron chi connectivity index (χ4n) is 3.02. The second kappa shape index (κ2) is 12.6. The number of nitrogens with zero attached hydrogens (tertiary/aromatic N) is 2. The van der Waals surface area contributed by atoms with Crippen molar-refractivity contribution < 1.29 is 4.79 Å². The average molecular weight is 484 g/mol. The van der Waals surface area contributed by atoms with Crippen LogP contribution in [0.3, 0.4) is 0 Å². The molecule has 5 heteroatoms. The van der Waals surface area contributed by atoms with E-state index in [1.165, 1.54) is 34.8 Å². The molecule has 0 fully saturated rings. The number of pyridine rings is 1. The molecule has 0 bridgehead atoms. The summed E-state index contributed by atoms with van der Waals surface area (Å²) in [6.07, 6.45) is 6.32. The molecular weight excluding hydrogens is 455 g/mol. The van der Waals surface area contributed by atoms with Gasteiger partial charge in [0.25, 0.3) is 0 Å². The zero-order chi connectivity index (χ0) is 21.0. The Morgan fingerprint density at radius 1 is 0.933 bits per heavy atom. The van der Waals surface area contributed by atoms with Crippen LogP contribution in [0.5, 0.6) is 0 Å². The van der Waals surface area contributed by atoms with E-state index in [1.807, 2.05) is 46.8 Å². The number of amides is 1. The van der Waals surface area contributed by atoms with Crippen LogP contribution in [0.25, 0.3) is 0 Å². The van der Waals surface area contributed by atoms with Gasteiger partial charge in [-0.1, -0.05) is 0 Å². The van der Waals surface area contributed by atoms with Crippen molar-refractivity contribution in [2.45, 2.75) is 43.0 Å². The number of rotatable bonds is 11. The Morgan fingerprint density at radius 3 is 2.47 bits per heavy atom. The van der Waals surface area contributed by atoms with Gasteiger partial charge in [-0.15, -0.1) is 0 Å². The van der Waals surface area contributed by atoms with Crippen LogP contribution >= 0.6 is 11.9 Å². The Hall–Kier alpha value is -2.07. The van der Waals surface area contributed by atoms with Gasteiger partial charge in [-0.25, -0.2) is 0 Å². The van der Waals surface area contributed by atoms with Crippen LogP contribution in [-0.2, 0) is 5.32 Å².